The zero-order valence-electron chi connectivity index (χ0n) is 13.6. The normalized spacial score (nSPS) is 11.1. The summed E-state index contributed by atoms with van der Waals surface area (Å²) in [7, 11) is 1.64. The largest absolute Gasteiger partial charge is 0.497 e. The van der Waals surface area contributed by atoms with Crippen molar-refractivity contribution in [2.45, 2.75) is 23.4 Å². The van der Waals surface area contributed by atoms with E-state index in [0.29, 0.717) is 19.8 Å². The summed E-state index contributed by atoms with van der Waals surface area (Å²) in [6.45, 7) is 3.93. The molecule has 24 heavy (non-hydrogen) atoms. The number of imidazole rings is 1. The van der Waals surface area contributed by atoms with Gasteiger partial charge in [-0.3, -0.25) is 0 Å². The van der Waals surface area contributed by atoms with Gasteiger partial charge in [-0.25, -0.2) is 9.97 Å². The van der Waals surface area contributed by atoms with Crippen molar-refractivity contribution in [1.82, 2.24) is 19.5 Å². The van der Waals surface area contributed by atoms with Gasteiger partial charge in [0.15, 0.2) is 5.65 Å². The molecule has 0 aliphatic carbocycles. The Balaban J connectivity index is 1.89. The summed E-state index contributed by atoms with van der Waals surface area (Å²) in [5.41, 5.74) is 7.34. The highest BCUT2D eigenvalue weighted by atomic mass is 32.2. The molecule has 0 amide bonds. The van der Waals surface area contributed by atoms with Crippen LogP contribution in [0.3, 0.4) is 0 Å². The zero-order valence-corrected chi connectivity index (χ0v) is 14.4. The molecule has 8 heteroatoms. The van der Waals surface area contributed by atoms with Gasteiger partial charge in [-0.1, -0.05) is 11.8 Å². The molecule has 2 heterocycles. The van der Waals surface area contributed by atoms with Crippen molar-refractivity contribution in [3.05, 3.63) is 30.6 Å². The number of benzene rings is 1. The van der Waals surface area contributed by atoms with Crippen molar-refractivity contribution in [3.8, 4) is 5.75 Å². The first-order valence-electron chi connectivity index (χ1n) is 7.59. The number of rotatable bonds is 7. The van der Waals surface area contributed by atoms with Gasteiger partial charge in [0.25, 0.3) is 0 Å². The number of hydrogen-bond donors (Lipinski definition) is 1. The molecule has 3 rings (SSSR count). The molecule has 3 aromatic rings. The Bertz CT molecular complexity index is 819. The summed E-state index contributed by atoms with van der Waals surface area (Å²) in [6.07, 6.45) is 1.75. The van der Waals surface area contributed by atoms with Crippen LogP contribution in [0.1, 0.15) is 6.92 Å². The number of aromatic nitrogens is 4. The number of hydrogen-bond acceptors (Lipinski definition) is 7. The monoisotopic (exact) mass is 345 g/mol. The molecule has 0 unspecified atom stereocenters. The van der Waals surface area contributed by atoms with Gasteiger partial charge in [-0.15, -0.1) is 0 Å². The molecule has 0 radical (unpaired) electrons. The Morgan fingerprint density at radius 1 is 1.21 bits per heavy atom. The molecule has 0 atom stereocenters. The Labute approximate surface area is 144 Å². The lowest BCUT2D eigenvalue weighted by atomic mass is 10.3. The molecular formula is C16H19N5O2S. The molecule has 126 valence electrons. The van der Waals surface area contributed by atoms with Gasteiger partial charge in [0.2, 0.25) is 5.95 Å². The lowest BCUT2D eigenvalue weighted by Crippen LogP contribution is -2.06. The molecule has 0 saturated carbocycles. The van der Waals surface area contributed by atoms with Crippen molar-refractivity contribution in [2.75, 3.05) is 26.1 Å². The molecule has 2 aromatic heterocycles. The van der Waals surface area contributed by atoms with Crippen LogP contribution in [0.4, 0.5) is 5.95 Å². The molecule has 0 aliphatic rings. The average Bonchev–Trinajstić information content (AvgIpc) is 2.99. The molecule has 0 fully saturated rings. The average molecular weight is 345 g/mol. The van der Waals surface area contributed by atoms with E-state index in [1.165, 1.54) is 11.8 Å². The highest BCUT2D eigenvalue weighted by molar-refractivity contribution is 7.99. The van der Waals surface area contributed by atoms with Crippen LogP contribution in [0.2, 0.25) is 0 Å². The second-order valence-electron chi connectivity index (χ2n) is 4.97. The molecule has 0 spiro atoms. The minimum atomic E-state index is 0.233. The van der Waals surface area contributed by atoms with Crippen molar-refractivity contribution >= 4 is 28.9 Å². The number of nitrogen functional groups attached to an aromatic ring is 1. The minimum Gasteiger partial charge on any atom is -0.497 e. The number of nitrogens with zero attached hydrogens (tertiary/aromatic N) is 4. The first-order valence-corrected chi connectivity index (χ1v) is 8.41. The van der Waals surface area contributed by atoms with Gasteiger partial charge in [0.1, 0.15) is 16.3 Å². The first kappa shape index (κ1) is 16.5. The van der Waals surface area contributed by atoms with E-state index in [-0.39, 0.29) is 5.95 Å². The van der Waals surface area contributed by atoms with Gasteiger partial charge >= 0.3 is 0 Å². The maximum absolute atomic E-state index is 5.88. The summed E-state index contributed by atoms with van der Waals surface area (Å²) < 4.78 is 12.5. The van der Waals surface area contributed by atoms with E-state index in [9.17, 15) is 0 Å². The third-order valence-electron chi connectivity index (χ3n) is 3.40. The first-order chi connectivity index (χ1) is 11.7. The third kappa shape index (κ3) is 3.60. The van der Waals surface area contributed by atoms with E-state index < -0.39 is 0 Å². The fourth-order valence-electron chi connectivity index (χ4n) is 2.23. The lowest BCUT2D eigenvalue weighted by Gasteiger charge is -2.06. The maximum Gasteiger partial charge on any atom is 0.223 e. The van der Waals surface area contributed by atoms with Crippen LogP contribution < -0.4 is 10.5 Å². The standard InChI is InChI=1S/C16H19N5O2S/c1-3-23-9-8-21-10-18-13-14(21)19-16(17)20-15(13)24-12-6-4-11(22-2)5-7-12/h4-7,10H,3,8-9H2,1-2H3,(H2,17,19,20). The number of nitrogens with two attached hydrogens (primary N) is 1. The van der Waals surface area contributed by atoms with E-state index in [1.54, 1.807) is 13.4 Å². The van der Waals surface area contributed by atoms with Crippen LogP contribution in [0, 0.1) is 0 Å². The molecule has 0 aliphatic heterocycles. The summed E-state index contributed by atoms with van der Waals surface area (Å²) in [5.74, 6) is 1.04. The molecule has 2 N–H and O–H groups in total. The number of ether oxygens (including phenoxy) is 2. The van der Waals surface area contributed by atoms with Crippen LogP contribution >= 0.6 is 11.8 Å². The van der Waals surface area contributed by atoms with Crippen molar-refractivity contribution in [3.63, 3.8) is 0 Å². The smallest absolute Gasteiger partial charge is 0.223 e. The van der Waals surface area contributed by atoms with Crippen molar-refractivity contribution in [1.29, 1.82) is 0 Å². The van der Waals surface area contributed by atoms with E-state index in [1.807, 2.05) is 35.8 Å². The molecule has 0 saturated heterocycles. The van der Waals surface area contributed by atoms with E-state index >= 15 is 0 Å². The Morgan fingerprint density at radius 3 is 2.71 bits per heavy atom. The highest BCUT2D eigenvalue weighted by Crippen LogP contribution is 2.32. The SMILES string of the molecule is CCOCCn1cnc2c(Sc3ccc(OC)cc3)nc(N)nc21. The number of fused-ring (bicyclic) bond motifs is 1. The van der Waals surface area contributed by atoms with Crippen LogP contribution in [-0.4, -0.2) is 39.8 Å². The zero-order chi connectivity index (χ0) is 16.9. The molecule has 1 aromatic carbocycles. The van der Waals surface area contributed by atoms with Crippen LogP contribution in [0.5, 0.6) is 5.75 Å². The predicted molar refractivity (Wildman–Crippen MR) is 93.3 cm³/mol. The van der Waals surface area contributed by atoms with Crippen LogP contribution in [-0.2, 0) is 11.3 Å². The maximum atomic E-state index is 5.88. The number of anilines is 1. The van der Waals surface area contributed by atoms with Crippen LogP contribution in [0.25, 0.3) is 11.2 Å². The van der Waals surface area contributed by atoms with Gasteiger partial charge in [0, 0.05) is 18.0 Å². The Kier molecular flexibility index (Phi) is 5.17. The van der Waals surface area contributed by atoms with Gasteiger partial charge in [0.05, 0.1) is 20.0 Å². The fourth-order valence-corrected chi connectivity index (χ4v) is 3.11. The molecule has 7 nitrogen and oxygen atoms in total. The lowest BCUT2D eigenvalue weighted by molar-refractivity contribution is 0.139. The Morgan fingerprint density at radius 2 is 2.00 bits per heavy atom. The van der Waals surface area contributed by atoms with Gasteiger partial charge in [-0.05, 0) is 31.2 Å². The second kappa shape index (κ2) is 7.50. The predicted octanol–water partition coefficient (Wildman–Crippen LogP) is 2.60. The van der Waals surface area contributed by atoms with Crippen molar-refractivity contribution in [2.24, 2.45) is 0 Å². The minimum absolute atomic E-state index is 0.233. The van der Waals surface area contributed by atoms with E-state index in [2.05, 4.69) is 15.0 Å². The van der Waals surface area contributed by atoms with Crippen LogP contribution in [0.15, 0.2) is 40.5 Å². The van der Waals surface area contributed by atoms with Gasteiger partial charge < -0.3 is 19.8 Å². The fraction of sp³-hybridized carbons (Fsp3) is 0.312. The van der Waals surface area contributed by atoms with E-state index in [4.69, 9.17) is 15.2 Å². The summed E-state index contributed by atoms with van der Waals surface area (Å²) in [6, 6.07) is 7.76. The molecule has 0 bridgehead atoms. The topological polar surface area (TPSA) is 88.1 Å². The van der Waals surface area contributed by atoms with Crippen molar-refractivity contribution < 1.29 is 9.47 Å². The van der Waals surface area contributed by atoms with E-state index in [0.717, 1.165) is 26.8 Å². The quantitative estimate of drug-likeness (QED) is 0.520. The highest BCUT2D eigenvalue weighted by Gasteiger charge is 2.13. The summed E-state index contributed by atoms with van der Waals surface area (Å²) >= 11 is 1.50. The third-order valence-corrected chi connectivity index (χ3v) is 4.39. The summed E-state index contributed by atoms with van der Waals surface area (Å²) in [4.78, 5) is 14.1. The second-order valence-corrected chi connectivity index (χ2v) is 6.03. The van der Waals surface area contributed by atoms with Gasteiger partial charge in [-0.2, -0.15) is 4.98 Å². The molecular weight excluding hydrogens is 326 g/mol. The number of methoxy groups -OCH3 is 1. The Hall–Kier alpha value is -2.32. The summed E-state index contributed by atoms with van der Waals surface area (Å²) in [5, 5.41) is 0.734.